The molecular formula is C18H27FN2O. The Morgan fingerprint density at radius 2 is 2.23 bits per heavy atom. The van der Waals surface area contributed by atoms with E-state index in [-0.39, 0.29) is 29.1 Å². The van der Waals surface area contributed by atoms with Crippen molar-refractivity contribution in [2.75, 3.05) is 13.1 Å². The number of piperidine rings is 1. The van der Waals surface area contributed by atoms with Crippen LogP contribution in [0.1, 0.15) is 39.2 Å². The first-order valence-electron chi connectivity index (χ1n) is 8.06. The molecule has 122 valence electrons. The first-order valence-corrected chi connectivity index (χ1v) is 8.06. The molecule has 1 aliphatic rings. The summed E-state index contributed by atoms with van der Waals surface area (Å²) in [6.07, 6.45) is 2.08. The van der Waals surface area contributed by atoms with Gasteiger partial charge in [-0.3, -0.25) is 4.79 Å². The molecule has 1 aromatic rings. The van der Waals surface area contributed by atoms with E-state index in [0.717, 1.165) is 31.5 Å². The third-order valence-electron chi connectivity index (χ3n) is 4.66. The molecular weight excluding hydrogens is 279 g/mol. The van der Waals surface area contributed by atoms with Gasteiger partial charge in [0.2, 0.25) is 5.91 Å². The average Bonchev–Trinajstić information content (AvgIpc) is 2.41. The molecule has 2 unspecified atom stereocenters. The van der Waals surface area contributed by atoms with Crippen molar-refractivity contribution in [3.63, 3.8) is 0 Å². The van der Waals surface area contributed by atoms with E-state index in [1.165, 1.54) is 6.07 Å². The molecule has 0 spiro atoms. The zero-order valence-electron chi connectivity index (χ0n) is 13.8. The van der Waals surface area contributed by atoms with E-state index in [4.69, 9.17) is 5.73 Å². The van der Waals surface area contributed by atoms with E-state index in [0.29, 0.717) is 6.42 Å². The average molecular weight is 306 g/mol. The van der Waals surface area contributed by atoms with Gasteiger partial charge in [-0.25, -0.2) is 4.39 Å². The van der Waals surface area contributed by atoms with E-state index in [1.807, 2.05) is 17.9 Å². The maximum absolute atomic E-state index is 13.2. The van der Waals surface area contributed by atoms with Crippen molar-refractivity contribution >= 4 is 5.91 Å². The Balaban J connectivity index is 1.89. The second-order valence-electron chi connectivity index (χ2n) is 7.34. The number of likely N-dealkylation sites (tertiary alicyclic amines) is 1. The lowest BCUT2D eigenvalue weighted by molar-refractivity contribution is -0.135. The second-order valence-corrected chi connectivity index (χ2v) is 7.34. The van der Waals surface area contributed by atoms with Gasteiger partial charge in [0.15, 0.2) is 0 Å². The zero-order valence-corrected chi connectivity index (χ0v) is 13.8. The Labute approximate surface area is 132 Å². The maximum Gasteiger partial charge on any atom is 0.222 e. The van der Waals surface area contributed by atoms with Crippen molar-refractivity contribution in [3.05, 3.63) is 35.6 Å². The lowest BCUT2D eigenvalue weighted by Crippen LogP contribution is -2.54. The molecule has 0 aromatic heterocycles. The van der Waals surface area contributed by atoms with Crippen molar-refractivity contribution in [1.82, 2.24) is 4.90 Å². The number of amides is 1. The van der Waals surface area contributed by atoms with Crippen LogP contribution in [-0.2, 0) is 11.2 Å². The summed E-state index contributed by atoms with van der Waals surface area (Å²) in [4.78, 5) is 14.4. The van der Waals surface area contributed by atoms with Gasteiger partial charge in [-0.05, 0) is 41.9 Å². The predicted octanol–water partition coefficient (Wildman–Crippen LogP) is 2.98. The zero-order chi connectivity index (χ0) is 16.3. The molecule has 1 aromatic carbocycles. The molecule has 0 aliphatic carbocycles. The third kappa shape index (κ3) is 4.29. The number of hydrogen-bond acceptors (Lipinski definition) is 2. The number of carbonyl (C=O) groups excluding carboxylic acids is 1. The lowest BCUT2D eigenvalue weighted by atomic mass is 9.79. The Kier molecular flexibility index (Phi) is 5.22. The number of rotatable bonds is 4. The van der Waals surface area contributed by atoms with Crippen LogP contribution in [0.4, 0.5) is 4.39 Å². The standard InChI is InChI=1S/C18H27FN2O/c1-13(9-14-5-4-6-15(19)11-14)10-17(22)21-8-7-16(20)18(2,3)12-21/h4-6,11,13,16H,7-10,12,20H2,1-3H3. The van der Waals surface area contributed by atoms with E-state index in [2.05, 4.69) is 13.8 Å². The third-order valence-corrected chi connectivity index (χ3v) is 4.66. The Morgan fingerprint density at radius 3 is 2.86 bits per heavy atom. The van der Waals surface area contributed by atoms with Crippen LogP contribution in [0.3, 0.4) is 0 Å². The van der Waals surface area contributed by atoms with Crippen LogP contribution < -0.4 is 5.73 Å². The first kappa shape index (κ1) is 16.9. The molecule has 3 nitrogen and oxygen atoms in total. The van der Waals surface area contributed by atoms with E-state index in [1.54, 1.807) is 12.1 Å². The second kappa shape index (κ2) is 6.78. The summed E-state index contributed by atoms with van der Waals surface area (Å²) in [6.45, 7) is 7.75. The fraction of sp³-hybridized carbons (Fsp3) is 0.611. The summed E-state index contributed by atoms with van der Waals surface area (Å²) in [7, 11) is 0. The van der Waals surface area contributed by atoms with Crippen molar-refractivity contribution in [3.8, 4) is 0 Å². The number of benzene rings is 1. The Morgan fingerprint density at radius 1 is 1.50 bits per heavy atom. The number of hydrogen-bond donors (Lipinski definition) is 1. The number of halogens is 1. The van der Waals surface area contributed by atoms with Crippen molar-refractivity contribution in [2.45, 2.75) is 46.1 Å². The fourth-order valence-corrected chi connectivity index (χ4v) is 3.15. The monoisotopic (exact) mass is 306 g/mol. The van der Waals surface area contributed by atoms with E-state index < -0.39 is 0 Å². The topological polar surface area (TPSA) is 46.3 Å². The van der Waals surface area contributed by atoms with Crippen molar-refractivity contribution < 1.29 is 9.18 Å². The predicted molar refractivity (Wildman–Crippen MR) is 86.8 cm³/mol. The minimum atomic E-state index is -0.220. The van der Waals surface area contributed by atoms with Crippen LogP contribution in [0, 0.1) is 17.2 Å². The Hall–Kier alpha value is -1.42. The smallest absolute Gasteiger partial charge is 0.222 e. The first-order chi connectivity index (χ1) is 10.3. The number of carbonyl (C=O) groups is 1. The largest absolute Gasteiger partial charge is 0.342 e. The van der Waals surface area contributed by atoms with Crippen LogP contribution in [0.2, 0.25) is 0 Å². The van der Waals surface area contributed by atoms with Crippen molar-refractivity contribution in [2.24, 2.45) is 17.1 Å². The van der Waals surface area contributed by atoms with Gasteiger partial charge in [-0.2, -0.15) is 0 Å². The fourth-order valence-electron chi connectivity index (χ4n) is 3.15. The van der Waals surface area contributed by atoms with Gasteiger partial charge < -0.3 is 10.6 Å². The molecule has 1 aliphatic heterocycles. The Bertz CT molecular complexity index is 530. The SMILES string of the molecule is CC(CC(=O)N1CCC(N)C(C)(C)C1)Cc1cccc(F)c1. The van der Waals surface area contributed by atoms with Crippen molar-refractivity contribution in [1.29, 1.82) is 0 Å². The summed E-state index contributed by atoms with van der Waals surface area (Å²) < 4.78 is 13.2. The maximum atomic E-state index is 13.2. The van der Waals surface area contributed by atoms with Gasteiger partial charge in [0.1, 0.15) is 5.82 Å². The van der Waals surface area contributed by atoms with Crippen LogP contribution in [0.15, 0.2) is 24.3 Å². The molecule has 0 bridgehead atoms. The molecule has 2 rings (SSSR count). The minimum Gasteiger partial charge on any atom is -0.342 e. The molecule has 1 amide bonds. The van der Waals surface area contributed by atoms with E-state index in [9.17, 15) is 9.18 Å². The molecule has 2 N–H and O–H groups in total. The molecule has 0 radical (unpaired) electrons. The highest BCUT2D eigenvalue weighted by molar-refractivity contribution is 5.76. The summed E-state index contributed by atoms with van der Waals surface area (Å²) in [6, 6.07) is 6.77. The molecule has 22 heavy (non-hydrogen) atoms. The normalized spacial score (nSPS) is 22.4. The van der Waals surface area contributed by atoms with Crippen LogP contribution in [-0.4, -0.2) is 29.9 Å². The molecule has 1 fully saturated rings. The highest BCUT2D eigenvalue weighted by Gasteiger charge is 2.35. The van der Waals surface area contributed by atoms with Crippen LogP contribution in [0.25, 0.3) is 0 Å². The van der Waals surface area contributed by atoms with Gasteiger partial charge in [0.05, 0.1) is 0 Å². The van der Waals surface area contributed by atoms with Gasteiger partial charge in [0.25, 0.3) is 0 Å². The number of nitrogens with two attached hydrogens (primary N) is 1. The summed E-state index contributed by atoms with van der Waals surface area (Å²) >= 11 is 0. The summed E-state index contributed by atoms with van der Waals surface area (Å²) in [5.41, 5.74) is 7.04. The van der Waals surface area contributed by atoms with Gasteiger partial charge >= 0.3 is 0 Å². The van der Waals surface area contributed by atoms with Gasteiger partial charge in [0, 0.05) is 25.6 Å². The number of nitrogens with zero attached hydrogens (tertiary/aromatic N) is 1. The van der Waals surface area contributed by atoms with Gasteiger partial charge in [-0.1, -0.05) is 32.9 Å². The lowest BCUT2D eigenvalue weighted by Gasteiger charge is -2.42. The van der Waals surface area contributed by atoms with Gasteiger partial charge in [-0.15, -0.1) is 0 Å². The molecule has 1 heterocycles. The molecule has 2 atom stereocenters. The van der Waals surface area contributed by atoms with E-state index >= 15 is 0 Å². The quantitative estimate of drug-likeness (QED) is 0.929. The molecule has 0 saturated carbocycles. The van der Waals surface area contributed by atoms with Crippen LogP contribution >= 0.6 is 0 Å². The summed E-state index contributed by atoms with van der Waals surface area (Å²) in [5, 5.41) is 0. The summed E-state index contributed by atoms with van der Waals surface area (Å²) in [5.74, 6) is 0.166. The highest BCUT2D eigenvalue weighted by atomic mass is 19.1. The highest BCUT2D eigenvalue weighted by Crippen LogP contribution is 2.28. The van der Waals surface area contributed by atoms with Crippen LogP contribution in [0.5, 0.6) is 0 Å². The minimum absolute atomic E-state index is 0.0281. The molecule has 4 heteroatoms. The molecule has 1 saturated heterocycles.